The average Bonchev–Trinajstić information content (AvgIpc) is 3.74. The maximum absolute atomic E-state index is 5.47. The van der Waals surface area contributed by atoms with Gasteiger partial charge >= 0.3 is 0 Å². The van der Waals surface area contributed by atoms with E-state index in [-0.39, 0.29) is 11.3 Å². The number of hydrogen-bond donors (Lipinski definition) is 0. The van der Waals surface area contributed by atoms with E-state index in [2.05, 4.69) is 219 Å². The second-order valence-electron chi connectivity index (χ2n) is 17.2. The van der Waals surface area contributed by atoms with Crippen LogP contribution in [-0.2, 0) is 5.41 Å². The number of benzene rings is 9. The molecule has 0 bridgehead atoms. The molecule has 0 fully saturated rings. The van der Waals surface area contributed by atoms with Crippen molar-refractivity contribution in [1.29, 1.82) is 0 Å². The maximum atomic E-state index is 5.47. The molecule has 0 saturated carbocycles. The fourth-order valence-electron chi connectivity index (χ4n) is 10.5. The topological polar surface area (TPSA) is 38.7 Å². The van der Waals surface area contributed by atoms with Crippen LogP contribution in [-0.4, -0.2) is 15.0 Å². The first-order valence-electron chi connectivity index (χ1n) is 22.0. The van der Waals surface area contributed by atoms with Gasteiger partial charge in [-0.05, 0) is 90.0 Å². The Morgan fingerprint density at radius 3 is 1.67 bits per heavy atom. The zero-order chi connectivity index (χ0) is 42.4. The highest BCUT2D eigenvalue weighted by Gasteiger charge is 2.38. The summed E-state index contributed by atoms with van der Waals surface area (Å²) in [4.78, 5) is 16.3. The molecule has 3 nitrogen and oxygen atoms in total. The lowest BCUT2D eigenvalue weighted by atomic mass is 9.63. The summed E-state index contributed by atoms with van der Waals surface area (Å²) in [5.74, 6) is 2.20. The van der Waals surface area contributed by atoms with Gasteiger partial charge in [0.1, 0.15) is 0 Å². The van der Waals surface area contributed by atoms with Crippen LogP contribution < -0.4 is 0 Å². The number of thiophene rings is 1. The Balaban J connectivity index is 1.04. The monoisotopic (exact) mass is 833 g/mol. The first-order chi connectivity index (χ1) is 31.6. The maximum Gasteiger partial charge on any atom is 0.165 e. The van der Waals surface area contributed by atoms with Crippen LogP contribution in [0.15, 0.2) is 212 Å². The number of nitrogens with zero attached hydrogens (tertiary/aromatic N) is 3. The number of aromatic nitrogens is 3. The molecular weight excluding hydrogens is 795 g/mol. The summed E-state index contributed by atoms with van der Waals surface area (Å²) in [5, 5.41) is 9.42. The largest absolute Gasteiger partial charge is 0.208 e. The predicted molar refractivity (Wildman–Crippen MR) is 270 cm³/mol. The van der Waals surface area contributed by atoms with Gasteiger partial charge in [-0.3, -0.25) is 0 Å². The molecule has 0 saturated heterocycles. The van der Waals surface area contributed by atoms with Crippen molar-refractivity contribution in [1.82, 2.24) is 15.0 Å². The Morgan fingerprint density at radius 1 is 0.406 bits per heavy atom. The molecule has 13 rings (SSSR count). The molecule has 2 aliphatic carbocycles. The van der Waals surface area contributed by atoms with Crippen LogP contribution in [0.4, 0.5) is 0 Å². The van der Waals surface area contributed by atoms with Gasteiger partial charge in [-0.1, -0.05) is 195 Å². The Morgan fingerprint density at radius 2 is 0.906 bits per heavy atom. The van der Waals surface area contributed by atoms with Gasteiger partial charge in [-0.15, -0.1) is 11.3 Å². The standard InChI is InChI=1S/C60H39N3S/c1-60-35-13-12-18-38(60)36-53(47-24-8-10-29-54(47)60)46-32-34-51(44-23-7-5-21-42(44)46)58-61-57(62-59(63-58)52-28-15-27-49-48-25-9-11-30-55(48)64-56(49)52)50-33-31-45(41-20-4-6-22-43(41)50)40-26-14-17-37-16-2-3-19-39(37)40/h2-36,38H,1H3. The lowest BCUT2D eigenvalue weighted by Crippen LogP contribution is -2.33. The minimum Gasteiger partial charge on any atom is -0.208 e. The van der Waals surface area contributed by atoms with Gasteiger partial charge in [0.15, 0.2) is 17.5 Å². The van der Waals surface area contributed by atoms with Crippen molar-refractivity contribution in [3.63, 3.8) is 0 Å². The smallest absolute Gasteiger partial charge is 0.165 e. The first kappa shape index (κ1) is 36.8. The molecule has 2 atom stereocenters. The second kappa shape index (κ2) is 14.4. The van der Waals surface area contributed by atoms with Gasteiger partial charge in [-0.25, -0.2) is 15.0 Å². The molecule has 2 heterocycles. The molecule has 11 aromatic rings. The molecule has 9 aromatic carbocycles. The highest BCUT2D eigenvalue weighted by atomic mass is 32.1. The zero-order valence-electron chi connectivity index (χ0n) is 35.0. The quantitative estimate of drug-likeness (QED) is 0.173. The Bertz CT molecular complexity index is 3830. The third kappa shape index (κ3) is 5.62. The summed E-state index contributed by atoms with van der Waals surface area (Å²) in [5.41, 5.74) is 10.3. The van der Waals surface area contributed by atoms with Crippen molar-refractivity contribution in [2.75, 3.05) is 0 Å². The fourth-order valence-corrected chi connectivity index (χ4v) is 11.7. The van der Waals surface area contributed by atoms with E-state index in [1.165, 1.54) is 69.7 Å². The molecule has 2 aliphatic rings. The fraction of sp³-hybridized carbons (Fsp3) is 0.0500. The molecule has 0 spiro atoms. The van der Waals surface area contributed by atoms with E-state index in [0.717, 1.165) is 32.8 Å². The molecule has 0 amide bonds. The highest BCUT2D eigenvalue weighted by molar-refractivity contribution is 7.26. The molecule has 64 heavy (non-hydrogen) atoms. The third-order valence-electron chi connectivity index (χ3n) is 13.7. The Hall–Kier alpha value is -7.79. The van der Waals surface area contributed by atoms with Crippen LogP contribution in [0.5, 0.6) is 0 Å². The number of hydrogen-bond acceptors (Lipinski definition) is 4. The lowest BCUT2D eigenvalue weighted by molar-refractivity contribution is 0.491. The molecule has 0 aliphatic heterocycles. The van der Waals surface area contributed by atoms with Crippen molar-refractivity contribution in [2.24, 2.45) is 5.92 Å². The van der Waals surface area contributed by atoms with Crippen molar-refractivity contribution >= 4 is 69.4 Å². The summed E-state index contributed by atoms with van der Waals surface area (Å²) in [7, 11) is 0. The van der Waals surface area contributed by atoms with E-state index < -0.39 is 0 Å². The SMILES string of the molecule is CC12C=CC=CC1C=C(c1ccc(-c3nc(-c4ccc(-c5cccc6ccccc56)c5ccccc45)nc(-c4cccc5c4sc4ccccc45)n3)c3ccccc13)c1ccccc12. The van der Waals surface area contributed by atoms with Crippen molar-refractivity contribution in [2.45, 2.75) is 12.3 Å². The summed E-state index contributed by atoms with van der Waals surface area (Å²) in [6.45, 7) is 2.36. The minimum absolute atomic E-state index is 0.100. The molecule has 300 valence electrons. The van der Waals surface area contributed by atoms with E-state index in [1.807, 2.05) is 0 Å². The van der Waals surface area contributed by atoms with E-state index in [9.17, 15) is 0 Å². The summed E-state index contributed by atoms with van der Waals surface area (Å²) < 4.78 is 2.42. The minimum atomic E-state index is -0.100. The summed E-state index contributed by atoms with van der Waals surface area (Å²) in [6, 6.07) is 65.7. The summed E-state index contributed by atoms with van der Waals surface area (Å²) >= 11 is 1.80. The van der Waals surface area contributed by atoms with Crippen LogP contribution in [0.2, 0.25) is 0 Å². The van der Waals surface area contributed by atoms with Gasteiger partial charge in [0.25, 0.3) is 0 Å². The summed E-state index contributed by atoms with van der Waals surface area (Å²) in [6.07, 6.45) is 11.6. The normalized spacial score (nSPS) is 16.7. The molecule has 0 N–H and O–H groups in total. The number of rotatable bonds is 5. The van der Waals surface area contributed by atoms with Crippen molar-refractivity contribution in [3.8, 4) is 45.3 Å². The Kier molecular flexibility index (Phi) is 8.28. The molecule has 4 heteroatoms. The van der Waals surface area contributed by atoms with Gasteiger partial charge in [-0.2, -0.15) is 0 Å². The Labute approximate surface area is 375 Å². The average molecular weight is 834 g/mol. The van der Waals surface area contributed by atoms with E-state index in [1.54, 1.807) is 11.3 Å². The van der Waals surface area contributed by atoms with Crippen molar-refractivity contribution in [3.05, 3.63) is 229 Å². The highest BCUT2D eigenvalue weighted by Crippen LogP contribution is 2.49. The van der Waals surface area contributed by atoms with Crippen LogP contribution in [0.1, 0.15) is 23.6 Å². The van der Waals surface area contributed by atoms with Crippen LogP contribution >= 0.6 is 11.3 Å². The van der Waals surface area contributed by atoms with Crippen LogP contribution in [0.25, 0.3) is 103 Å². The van der Waals surface area contributed by atoms with Gasteiger partial charge in [0.05, 0.1) is 0 Å². The van der Waals surface area contributed by atoms with Crippen LogP contribution in [0.3, 0.4) is 0 Å². The van der Waals surface area contributed by atoms with E-state index in [0.29, 0.717) is 17.5 Å². The van der Waals surface area contributed by atoms with E-state index >= 15 is 0 Å². The molecule has 2 aromatic heterocycles. The first-order valence-corrected chi connectivity index (χ1v) is 22.8. The van der Waals surface area contributed by atoms with Crippen molar-refractivity contribution < 1.29 is 0 Å². The predicted octanol–water partition coefficient (Wildman–Crippen LogP) is 15.8. The lowest BCUT2D eigenvalue weighted by Gasteiger charge is -2.40. The number of fused-ring (bicyclic) bond motifs is 9. The molecule has 0 radical (unpaired) electrons. The zero-order valence-corrected chi connectivity index (χ0v) is 35.9. The van der Waals surface area contributed by atoms with Gasteiger partial charge in [0.2, 0.25) is 0 Å². The third-order valence-corrected chi connectivity index (χ3v) is 14.9. The van der Waals surface area contributed by atoms with E-state index in [4.69, 9.17) is 15.0 Å². The van der Waals surface area contributed by atoms with Gasteiger partial charge < -0.3 is 0 Å². The van der Waals surface area contributed by atoms with Crippen LogP contribution in [0, 0.1) is 5.92 Å². The van der Waals surface area contributed by atoms with Gasteiger partial charge in [0, 0.05) is 48.2 Å². The molecule has 2 unspecified atom stereocenters. The number of allylic oxidation sites excluding steroid dienone is 5. The molecular formula is C60H39N3S. The second-order valence-corrected chi connectivity index (χ2v) is 18.3.